The maximum Gasteiger partial charge on any atom is 0.329 e. The van der Waals surface area contributed by atoms with Crippen molar-refractivity contribution in [2.24, 2.45) is 35.5 Å². The van der Waals surface area contributed by atoms with Crippen molar-refractivity contribution in [3.63, 3.8) is 0 Å². The molecule has 3 aliphatic heterocycles. The third kappa shape index (κ3) is 13.8. The number of allylic oxidation sites excluding steroid dienone is 6. The van der Waals surface area contributed by atoms with E-state index in [1.54, 1.807) is 45.9 Å². The smallest absolute Gasteiger partial charge is 0.329 e. The molecule has 13 heteroatoms. The van der Waals surface area contributed by atoms with Gasteiger partial charge < -0.3 is 39.9 Å². The van der Waals surface area contributed by atoms with Crippen LogP contribution in [0.25, 0.3) is 0 Å². The Kier molecular flexibility index (Phi) is 18.8. The highest BCUT2D eigenvalue weighted by atomic mass is 16.6. The first-order valence-electron chi connectivity index (χ1n) is 22.6. The number of ether oxygens (including phenoxy) is 2. The molecule has 4 rings (SSSR count). The van der Waals surface area contributed by atoms with E-state index < -0.39 is 77.9 Å². The van der Waals surface area contributed by atoms with Gasteiger partial charge in [0.25, 0.3) is 11.7 Å². The fourth-order valence-electron chi connectivity index (χ4n) is 9.28. The van der Waals surface area contributed by atoms with Crippen LogP contribution in [0.3, 0.4) is 0 Å². The number of Topliss-reactive ketones (excluding diaryl/α,β-unsaturated/α-hetero) is 3. The van der Waals surface area contributed by atoms with Crippen molar-refractivity contribution >= 4 is 29.2 Å². The second kappa shape index (κ2) is 22.9. The predicted octanol–water partition coefficient (Wildman–Crippen LogP) is 5.25. The van der Waals surface area contributed by atoms with Crippen LogP contribution in [0.2, 0.25) is 0 Å². The van der Waals surface area contributed by atoms with Crippen LogP contribution >= 0.6 is 0 Å². The molecule has 3 heterocycles. The minimum Gasteiger partial charge on any atom is -0.460 e. The summed E-state index contributed by atoms with van der Waals surface area (Å²) < 4.78 is 12.2. The molecule has 5 N–H and O–H groups in total. The Balaban J connectivity index is 1.65. The maximum absolute atomic E-state index is 14.2. The molecule has 1 saturated carbocycles. The Morgan fingerprint density at radius 2 is 1.51 bits per heavy atom. The van der Waals surface area contributed by atoms with Crippen molar-refractivity contribution in [3.05, 3.63) is 47.6 Å². The van der Waals surface area contributed by atoms with Crippen LogP contribution in [0.1, 0.15) is 132 Å². The van der Waals surface area contributed by atoms with E-state index in [0.29, 0.717) is 68.9 Å². The zero-order valence-corrected chi connectivity index (χ0v) is 37.4. The number of hydrogen-bond acceptors (Lipinski definition) is 12. The Morgan fingerprint density at radius 1 is 0.787 bits per heavy atom. The molecule has 0 radical (unpaired) electrons. The van der Waals surface area contributed by atoms with Gasteiger partial charge in [-0.3, -0.25) is 19.2 Å². The van der Waals surface area contributed by atoms with Gasteiger partial charge in [0.1, 0.15) is 23.7 Å². The zero-order valence-electron chi connectivity index (χ0n) is 37.4. The van der Waals surface area contributed by atoms with E-state index in [4.69, 9.17) is 9.47 Å². The van der Waals surface area contributed by atoms with Crippen molar-refractivity contribution in [2.45, 2.75) is 180 Å². The van der Waals surface area contributed by atoms with Gasteiger partial charge in [0.2, 0.25) is 5.79 Å². The molecule has 0 spiro atoms. The number of aliphatic hydroxyl groups excluding tert-OH is 4. The lowest BCUT2D eigenvalue weighted by atomic mass is 9.78. The fraction of sp³-hybridized carbons (Fsp3) is 0.729. The minimum absolute atomic E-state index is 0.00391. The number of carbonyl (C=O) groups excluding carboxylic acids is 5. The first kappa shape index (κ1) is 50.3. The summed E-state index contributed by atoms with van der Waals surface area (Å²) in [6, 6.07) is -1.16. The van der Waals surface area contributed by atoms with E-state index in [-0.39, 0.29) is 67.5 Å². The van der Waals surface area contributed by atoms with Gasteiger partial charge in [0.05, 0.1) is 30.5 Å². The molecule has 13 nitrogen and oxygen atoms in total. The van der Waals surface area contributed by atoms with E-state index in [1.165, 1.54) is 0 Å². The number of cyclic esters (lactones) is 1. The van der Waals surface area contributed by atoms with Crippen molar-refractivity contribution in [3.8, 4) is 0 Å². The van der Waals surface area contributed by atoms with Crippen LogP contribution < -0.4 is 0 Å². The standard InChI is InChI=1S/C48H73NO12/c1-28-13-9-8-10-14-29(2)39(51)25-36-18-16-34(7)48(59,61-36)45(56)46(57)49-20-12-11-15-37(49)47(58)60-44(33(6)23-35-17-19-38(50)43(55)24-35)27-42(54)32(5)22-31(4)41(53)26-40(52)30(3)21-28/h8-10,13-14,22,28,30,32-39,41,43-44,50-51,53,55,59H,11-12,15-21,23-27H2,1-7H3/b10-8+,13-9-,29-14+,31-22+/t28-,30-,32-,33-,34-,35+,36+,37+,38-,39+,41+,43-,44+,48-/m1/s1. The van der Waals surface area contributed by atoms with Gasteiger partial charge in [0, 0.05) is 43.6 Å². The number of nitrogens with zero attached hydrogens (tertiary/aromatic N) is 1. The van der Waals surface area contributed by atoms with E-state index in [2.05, 4.69) is 0 Å². The molecule has 0 aromatic carbocycles. The lowest BCUT2D eigenvalue weighted by molar-refractivity contribution is -0.265. The van der Waals surface area contributed by atoms with E-state index in [1.807, 2.05) is 39.0 Å². The number of rotatable bonds is 3. The number of piperidine rings is 1. The second-order valence-electron chi connectivity index (χ2n) is 18.9. The molecule has 14 atom stereocenters. The second-order valence-corrected chi connectivity index (χ2v) is 18.9. The number of hydrogen-bond donors (Lipinski definition) is 5. The van der Waals surface area contributed by atoms with Gasteiger partial charge in [-0.15, -0.1) is 0 Å². The summed E-state index contributed by atoms with van der Waals surface area (Å²) in [5.74, 6) is -7.98. The van der Waals surface area contributed by atoms with E-state index in [9.17, 15) is 49.5 Å². The van der Waals surface area contributed by atoms with Gasteiger partial charge >= 0.3 is 5.97 Å². The summed E-state index contributed by atoms with van der Waals surface area (Å²) in [5.41, 5.74) is 1.10. The summed E-state index contributed by atoms with van der Waals surface area (Å²) in [5, 5.41) is 54.4. The molecule has 1 aliphatic carbocycles. The molecule has 0 aromatic rings. The molecule has 4 aliphatic rings. The first-order valence-corrected chi connectivity index (χ1v) is 22.6. The highest BCUT2D eigenvalue weighted by Gasteiger charge is 2.53. The number of ketones is 3. The largest absolute Gasteiger partial charge is 0.460 e. The summed E-state index contributed by atoms with van der Waals surface area (Å²) in [7, 11) is 0. The molecule has 61 heavy (non-hydrogen) atoms. The topological polar surface area (TPSA) is 208 Å². The average Bonchev–Trinajstić information content (AvgIpc) is 3.21. The predicted molar refractivity (Wildman–Crippen MR) is 229 cm³/mol. The molecule has 0 aromatic heterocycles. The van der Waals surface area contributed by atoms with Crippen LogP contribution in [0, 0.1) is 35.5 Å². The molecule has 3 fully saturated rings. The van der Waals surface area contributed by atoms with Crippen LogP contribution in [0.4, 0.5) is 0 Å². The molecule has 342 valence electrons. The number of aliphatic hydroxyl groups is 5. The fourth-order valence-corrected chi connectivity index (χ4v) is 9.28. The number of amides is 1. The Hall–Kier alpha value is -3.33. The molecular weight excluding hydrogens is 783 g/mol. The van der Waals surface area contributed by atoms with Crippen molar-refractivity contribution < 1.29 is 59.0 Å². The van der Waals surface area contributed by atoms with E-state index >= 15 is 0 Å². The highest BCUT2D eigenvalue weighted by Crippen LogP contribution is 2.37. The lowest BCUT2D eigenvalue weighted by Gasteiger charge is -2.42. The molecule has 1 amide bonds. The first-order chi connectivity index (χ1) is 28.7. The molecule has 2 saturated heterocycles. The van der Waals surface area contributed by atoms with Crippen molar-refractivity contribution in [1.29, 1.82) is 0 Å². The summed E-state index contributed by atoms with van der Waals surface area (Å²) in [6.07, 6.45) is 9.72. The van der Waals surface area contributed by atoms with Gasteiger partial charge in [-0.1, -0.05) is 71.1 Å². The summed E-state index contributed by atoms with van der Waals surface area (Å²) in [6.45, 7) is 12.5. The molecular formula is C48H73NO12. The molecule has 2 bridgehead atoms. The Morgan fingerprint density at radius 3 is 2.21 bits per heavy atom. The number of esters is 1. The van der Waals surface area contributed by atoms with Crippen LogP contribution in [0.5, 0.6) is 0 Å². The van der Waals surface area contributed by atoms with Crippen molar-refractivity contribution in [2.75, 3.05) is 6.54 Å². The molecule has 0 unspecified atom stereocenters. The maximum atomic E-state index is 14.2. The lowest BCUT2D eigenvalue weighted by Crippen LogP contribution is -2.61. The normalized spacial score (nSPS) is 41.0. The van der Waals surface area contributed by atoms with Gasteiger partial charge in [-0.05, 0) is 107 Å². The van der Waals surface area contributed by atoms with Gasteiger partial charge in [0.15, 0.2) is 0 Å². The van der Waals surface area contributed by atoms with E-state index in [0.717, 1.165) is 4.90 Å². The summed E-state index contributed by atoms with van der Waals surface area (Å²) >= 11 is 0. The van der Waals surface area contributed by atoms with Gasteiger partial charge in [-0.2, -0.15) is 0 Å². The summed E-state index contributed by atoms with van der Waals surface area (Å²) in [4.78, 5) is 70.5. The third-order valence-electron chi connectivity index (χ3n) is 13.6. The third-order valence-corrected chi connectivity index (χ3v) is 13.6. The SMILES string of the molecule is C/C1=C\[C@@H](C)C(=O)C[C@@H]([C@H](C)C[C@@H]2CC[C@@H](O)[C@H](O)C2)OC(=O)[C@@H]2CCCCN2C(=O)C(=O)[C@]2(O)O[C@@H](CC[C@H]2C)C[C@H](O)/C(C)=C/C=C/C=C\[C@@H](C)C[C@@H](C)C(=O)C[C@@H]1O. The van der Waals surface area contributed by atoms with Crippen LogP contribution in [0.15, 0.2) is 47.6 Å². The van der Waals surface area contributed by atoms with Crippen molar-refractivity contribution in [1.82, 2.24) is 4.90 Å². The monoisotopic (exact) mass is 856 g/mol. The minimum atomic E-state index is -2.48. The number of carbonyl (C=O) groups is 5. The Labute approximate surface area is 362 Å². The van der Waals surface area contributed by atoms with Gasteiger partial charge in [-0.25, -0.2) is 4.79 Å². The van der Waals surface area contributed by atoms with Crippen LogP contribution in [-0.4, -0.2) is 115 Å². The highest BCUT2D eigenvalue weighted by molar-refractivity contribution is 6.39. The Bertz CT molecular complexity index is 1670. The van der Waals surface area contributed by atoms with Crippen LogP contribution in [-0.2, 0) is 33.4 Å². The average molecular weight is 856 g/mol. The quantitative estimate of drug-likeness (QED) is 0.140. The zero-order chi connectivity index (χ0) is 45.2. The number of fused-ring (bicyclic) bond motifs is 3.